The third-order valence-corrected chi connectivity index (χ3v) is 4.85. The predicted octanol–water partition coefficient (Wildman–Crippen LogP) is 2.57. The average Bonchev–Trinajstić information content (AvgIpc) is 2.90. The first-order valence-corrected chi connectivity index (χ1v) is 7.96. The Hall–Kier alpha value is -1.73. The quantitative estimate of drug-likeness (QED) is 0.472. The standard InChI is InChI=1S/C17H20F2N2O3.ClH/c18-16(19)7-6-13(8-16)17(23,12-4-2-1-3-5-12)15(22)24-14-9-21(10-14)11-20;/h1-5,11,13-14,20,23H,6-10H2;1H/t13-,17+;/m1./s1. The molecule has 8 heteroatoms. The third-order valence-electron chi connectivity index (χ3n) is 4.85. The van der Waals surface area contributed by atoms with Crippen molar-refractivity contribution < 1.29 is 23.4 Å². The molecule has 2 fully saturated rings. The molecule has 0 bridgehead atoms. The van der Waals surface area contributed by atoms with Crippen molar-refractivity contribution in [3.05, 3.63) is 35.9 Å². The van der Waals surface area contributed by atoms with Crippen molar-refractivity contribution in [2.45, 2.75) is 36.9 Å². The van der Waals surface area contributed by atoms with E-state index in [9.17, 15) is 18.7 Å². The van der Waals surface area contributed by atoms with E-state index < -0.39 is 35.9 Å². The predicted molar refractivity (Wildman–Crippen MR) is 90.1 cm³/mol. The van der Waals surface area contributed by atoms with Crippen LogP contribution in [0.3, 0.4) is 0 Å². The maximum atomic E-state index is 13.6. The number of alkyl halides is 2. The number of carbonyl (C=O) groups excluding carboxylic acids is 1. The summed E-state index contributed by atoms with van der Waals surface area (Å²) in [6.07, 6.45) is -0.109. The minimum atomic E-state index is -2.87. The van der Waals surface area contributed by atoms with Crippen LogP contribution < -0.4 is 0 Å². The smallest absolute Gasteiger partial charge is 0.343 e. The Labute approximate surface area is 150 Å². The fraction of sp³-hybridized carbons (Fsp3) is 0.529. The second-order valence-electron chi connectivity index (χ2n) is 6.54. The lowest BCUT2D eigenvalue weighted by atomic mass is 9.80. The molecule has 1 aliphatic heterocycles. The summed E-state index contributed by atoms with van der Waals surface area (Å²) in [6, 6.07) is 8.15. The van der Waals surface area contributed by atoms with Crippen LogP contribution in [0.25, 0.3) is 0 Å². The number of carbonyl (C=O) groups is 1. The van der Waals surface area contributed by atoms with Crippen LogP contribution in [0.2, 0.25) is 0 Å². The summed E-state index contributed by atoms with van der Waals surface area (Å²) in [5.41, 5.74) is -1.80. The SMILES string of the molecule is Cl.N=CN1CC(OC(=O)[C@](O)(c2ccccc2)[C@@H]2CCC(F)(F)C2)C1. The molecule has 1 saturated heterocycles. The maximum absolute atomic E-state index is 13.6. The van der Waals surface area contributed by atoms with Gasteiger partial charge >= 0.3 is 5.97 Å². The molecule has 0 spiro atoms. The van der Waals surface area contributed by atoms with E-state index in [0.717, 1.165) is 6.34 Å². The van der Waals surface area contributed by atoms with E-state index in [1.807, 2.05) is 0 Å². The van der Waals surface area contributed by atoms with Gasteiger partial charge in [-0.15, -0.1) is 12.4 Å². The fourth-order valence-corrected chi connectivity index (χ4v) is 3.41. The highest BCUT2D eigenvalue weighted by atomic mass is 35.5. The number of likely N-dealkylation sites (tertiary alicyclic amines) is 1. The van der Waals surface area contributed by atoms with Gasteiger partial charge in [-0.2, -0.15) is 0 Å². The molecular weight excluding hydrogens is 354 g/mol. The van der Waals surface area contributed by atoms with Gasteiger partial charge in [0.1, 0.15) is 6.10 Å². The molecule has 0 aromatic heterocycles. The Morgan fingerprint density at radius 1 is 1.36 bits per heavy atom. The zero-order chi connectivity index (χ0) is 17.4. The van der Waals surface area contributed by atoms with E-state index in [1.165, 1.54) is 0 Å². The molecule has 0 unspecified atom stereocenters. The first kappa shape index (κ1) is 19.6. The van der Waals surface area contributed by atoms with Gasteiger partial charge in [0.2, 0.25) is 5.92 Å². The second-order valence-corrected chi connectivity index (χ2v) is 6.54. The van der Waals surface area contributed by atoms with Crippen molar-refractivity contribution in [2.24, 2.45) is 5.92 Å². The van der Waals surface area contributed by atoms with Crippen LogP contribution in [0.15, 0.2) is 30.3 Å². The Morgan fingerprint density at radius 2 is 2.00 bits per heavy atom. The van der Waals surface area contributed by atoms with E-state index in [4.69, 9.17) is 10.1 Å². The van der Waals surface area contributed by atoms with Gasteiger partial charge in [-0.1, -0.05) is 30.3 Å². The van der Waals surface area contributed by atoms with Gasteiger partial charge in [0.05, 0.1) is 19.4 Å². The molecule has 2 atom stereocenters. The lowest BCUT2D eigenvalue weighted by molar-refractivity contribution is -0.185. The highest BCUT2D eigenvalue weighted by Crippen LogP contribution is 2.48. The maximum Gasteiger partial charge on any atom is 0.343 e. The Kier molecular flexibility index (Phi) is 5.68. The number of nitrogens with one attached hydrogen (secondary N) is 1. The van der Waals surface area contributed by atoms with E-state index in [-0.39, 0.29) is 30.8 Å². The summed E-state index contributed by atoms with van der Waals surface area (Å²) >= 11 is 0. The number of aliphatic hydroxyl groups is 1. The molecule has 1 aliphatic carbocycles. The van der Waals surface area contributed by atoms with Gasteiger partial charge in [-0.05, 0) is 12.0 Å². The summed E-state index contributed by atoms with van der Waals surface area (Å²) in [7, 11) is 0. The number of esters is 1. The fourth-order valence-electron chi connectivity index (χ4n) is 3.41. The molecule has 5 nitrogen and oxygen atoms in total. The van der Waals surface area contributed by atoms with Crippen molar-refractivity contribution >= 4 is 24.7 Å². The normalized spacial score (nSPS) is 24.6. The van der Waals surface area contributed by atoms with Crippen LogP contribution in [0.5, 0.6) is 0 Å². The van der Waals surface area contributed by atoms with E-state index in [0.29, 0.717) is 13.1 Å². The molecule has 2 N–H and O–H groups in total. The Balaban J connectivity index is 0.00000225. The van der Waals surface area contributed by atoms with Gasteiger partial charge in [0.15, 0.2) is 5.60 Å². The molecule has 1 saturated carbocycles. The largest absolute Gasteiger partial charge is 0.456 e. The van der Waals surface area contributed by atoms with Crippen LogP contribution in [-0.2, 0) is 15.1 Å². The van der Waals surface area contributed by atoms with Crippen molar-refractivity contribution in [3.8, 4) is 0 Å². The third kappa shape index (κ3) is 3.77. The summed E-state index contributed by atoms with van der Waals surface area (Å²) in [4.78, 5) is 14.3. The molecule has 25 heavy (non-hydrogen) atoms. The van der Waals surface area contributed by atoms with Crippen LogP contribution in [0, 0.1) is 11.3 Å². The number of nitrogens with zero attached hydrogens (tertiary/aromatic N) is 1. The van der Waals surface area contributed by atoms with E-state index in [1.54, 1.807) is 35.2 Å². The number of ether oxygens (including phenoxy) is 1. The van der Waals surface area contributed by atoms with Crippen LogP contribution >= 0.6 is 12.4 Å². The van der Waals surface area contributed by atoms with E-state index in [2.05, 4.69) is 0 Å². The molecule has 0 radical (unpaired) electrons. The lowest BCUT2D eigenvalue weighted by Crippen LogP contribution is -2.55. The molecular formula is C17H21ClF2N2O3. The van der Waals surface area contributed by atoms with Gasteiger partial charge in [0.25, 0.3) is 0 Å². The summed E-state index contributed by atoms with van der Waals surface area (Å²) in [5.74, 6) is -4.64. The minimum absolute atomic E-state index is 0. The minimum Gasteiger partial charge on any atom is -0.456 e. The molecule has 138 valence electrons. The zero-order valence-corrected chi connectivity index (χ0v) is 14.3. The van der Waals surface area contributed by atoms with Gasteiger partial charge in [-0.3, -0.25) is 5.41 Å². The first-order chi connectivity index (χ1) is 11.3. The second kappa shape index (κ2) is 7.25. The monoisotopic (exact) mass is 374 g/mol. The molecule has 1 heterocycles. The van der Waals surface area contributed by atoms with E-state index >= 15 is 0 Å². The molecule has 3 rings (SSSR count). The van der Waals surface area contributed by atoms with Gasteiger partial charge < -0.3 is 14.7 Å². The van der Waals surface area contributed by atoms with Crippen LogP contribution in [0.1, 0.15) is 24.8 Å². The highest BCUT2D eigenvalue weighted by Gasteiger charge is 2.55. The lowest BCUT2D eigenvalue weighted by Gasteiger charge is -2.40. The van der Waals surface area contributed by atoms with Crippen LogP contribution in [0.4, 0.5) is 8.78 Å². The van der Waals surface area contributed by atoms with Crippen LogP contribution in [-0.4, -0.2) is 47.4 Å². The number of halogens is 3. The topological polar surface area (TPSA) is 73.6 Å². The van der Waals surface area contributed by atoms with Crippen molar-refractivity contribution in [3.63, 3.8) is 0 Å². The van der Waals surface area contributed by atoms with Gasteiger partial charge in [0, 0.05) is 18.8 Å². The van der Waals surface area contributed by atoms with Crippen molar-refractivity contribution in [2.75, 3.05) is 13.1 Å². The summed E-state index contributed by atoms with van der Waals surface area (Å²) < 4.78 is 32.6. The summed E-state index contributed by atoms with van der Waals surface area (Å²) in [5, 5.41) is 18.2. The highest BCUT2D eigenvalue weighted by molar-refractivity contribution is 5.85. The molecule has 2 aliphatic rings. The molecule has 1 aromatic carbocycles. The number of hydrogen-bond acceptors (Lipinski definition) is 4. The molecule has 0 amide bonds. The number of rotatable bonds is 5. The average molecular weight is 375 g/mol. The zero-order valence-electron chi connectivity index (χ0n) is 13.5. The number of benzene rings is 1. The van der Waals surface area contributed by atoms with Crippen molar-refractivity contribution in [1.82, 2.24) is 4.90 Å². The Morgan fingerprint density at radius 3 is 2.52 bits per heavy atom. The first-order valence-electron chi connectivity index (χ1n) is 7.96. The molecule has 1 aromatic rings. The number of hydrogen-bond donors (Lipinski definition) is 2. The Bertz CT molecular complexity index is 626. The summed E-state index contributed by atoms with van der Waals surface area (Å²) in [6.45, 7) is 0.752. The van der Waals surface area contributed by atoms with Crippen molar-refractivity contribution in [1.29, 1.82) is 5.41 Å². The van der Waals surface area contributed by atoms with Gasteiger partial charge in [-0.25, -0.2) is 13.6 Å².